The number of hydrogen-bond donors (Lipinski definition) is 1. The zero-order valence-electron chi connectivity index (χ0n) is 14.8. The summed E-state index contributed by atoms with van der Waals surface area (Å²) in [6, 6.07) is 12.2. The van der Waals surface area contributed by atoms with E-state index in [1.54, 1.807) is 13.0 Å². The molecule has 0 spiro atoms. The Kier molecular flexibility index (Phi) is 6.22. The summed E-state index contributed by atoms with van der Waals surface area (Å²) >= 11 is 3.36. The summed E-state index contributed by atoms with van der Waals surface area (Å²) in [4.78, 5) is 0. The number of rotatable bonds is 6. The van der Waals surface area contributed by atoms with Gasteiger partial charge in [-0.15, -0.1) is 0 Å². The van der Waals surface area contributed by atoms with Crippen LogP contribution in [0.4, 0.5) is 13.2 Å². The molecule has 3 aromatic rings. The van der Waals surface area contributed by atoms with E-state index in [4.69, 9.17) is 9.26 Å². The van der Waals surface area contributed by atoms with Crippen LogP contribution in [0.2, 0.25) is 0 Å². The van der Waals surface area contributed by atoms with E-state index in [0.29, 0.717) is 22.6 Å². The first-order valence-corrected chi connectivity index (χ1v) is 9.19. The highest BCUT2D eigenvalue weighted by Gasteiger charge is 2.30. The quantitative estimate of drug-likeness (QED) is 0.519. The van der Waals surface area contributed by atoms with E-state index >= 15 is 0 Å². The average molecular weight is 456 g/mol. The first kappa shape index (κ1) is 20.6. The highest BCUT2D eigenvalue weighted by Crippen LogP contribution is 2.34. The molecule has 1 aromatic heterocycles. The zero-order valence-corrected chi connectivity index (χ0v) is 16.4. The van der Waals surface area contributed by atoms with Gasteiger partial charge in [0.2, 0.25) is 0 Å². The normalized spacial score (nSPS) is 12.9. The van der Waals surface area contributed by atoms with Crippen LogP contribution in [-0.2, 0) is 17.5 Å². The number of nitrogens with zero attached hydrogens (tertiary/aromatic N) is 1. The Morgan fingerprint density at radius 1 is 1.18 bits per heavy atom. The van der Waals surface area contributed by atoms with Crippen molar-refractivity contribution in [3.05, 3.63) is 75.4 Å². The van der Waals surface area contributed by atoms with Gasteiger partial charge in [-0.05, 0) is 36.8 Å². The van der Waals surface area contributed by atoms with Crippen molar-refractivity contribution in [2.24, 2.45) is 0 Å². The van der Waals surface area contributed by atoms with Gasteiger partial charge in [0.15, 0.2) is 5.76 Å². The van der Waals surface area contributed by atoms with Crippen LogP contribution in [-0.4, -0.2) is 16.9 Å². The minimum absolute atomic E-state index is 0.0977. The first-order valence-electron chi connectivity index (χ1n) is 8.40. The Morgan fingerprint density at radius 3 is 2.54 bits per heavy atom. The van der Waals surface area contributed by atoms with Gasteiger partial charge in [-0.1, -0.05) is 45.4 Å². The van der Waals surface area contributed by atoms with Crippen molar-refractivity contribution >= 4 is 15.9 Å². The number of aliphatic hydroxyl groups excluding tert-OH is 1. The molecule has 0 saturated heterocycles. The lowest BCUT2D eigenvalue weighted by Gasteiger charge is -2.17. The Balaban J connectivity index is 1.83. The van der Waals surface area contributed by atoms with E-state index < -0.39 is 17.8 Å². The molecule has 0 bridgehead atoms. The van der Waals surface area contributed by atoms with Crippen LogP contribution in [0.15, 0.2) is 57.5 Å². The average Bonchev–Trinajstić information content (AvgIpc) is 3.04. The number of aromatic nitrogens is 1. The van der Waals surface area contributed by atoms with Crippen LogP contribution in [0.5, 0.6) is 0 Å². The predicted molar refractivity (Wildman–Crippen MR) is 100 cm³/mol. The maximum atomic E-state index is 12.9. The summed E-state index contributed by atoms with van der Waals surface area (Å²) in [5, 5.41) is 13.8. The standard InChI is InChI=1S/C20H17BrF3NO3/c1-12-18(19(28-25-12)14-5-7-16(21)8-6-14)17(10-26)27-11-13-3-2-4-15(9-13)20(22,23)24/h2-9,17,26H,10-11H2,1H3. The first-order chi connectivity index (χ1) is 13.3. The number of aryl methyl sites for hydroxylation is 1. The van der Waals surface area contributed by atoms with Crippen molar-refractivity contribution < 1.29 is 27.5 Å². The second-order valence-corrected chi connectivity index (χ2v) is 7.11. The number of benzene rings is 2. The Bertz CT molecular complexity index is 939. The Hall–Kier alpha value is -2.16. The summed E-state index contributed by atoms with van der Waals surface area (Å²) in [7, 11) is 0. The lowest BCUT2D eigenvalue weighted by Crippen LogP contribution is -2.11. The molecule has 8 heteroatoms. The fraction of sp³-hybridized carbons (Fsp3) is 0.250. The molecule has 0 aliphatic carbocycles. The maximum absolute atomic E-state index is 12.9. The molecule has 1 heterocycles. The van der Waals surface area contributed by atoms with Gasteiger partial charge >= 0.3 is 6.18 Å². The fourth-order valence-electron chi connectivity index (χ4n) is 2.83. The third kappa shape index (κ3) is 4.63. The number of alkyl halides is 3. The summed E-state index contributed by atoms with van der Waals surface area (Å²) < 4.78 is 50.7. The van der Waals surface area contributed by atoms with E-state index in [-0.39, 0.29) is 13.2 Å². The zero-order chi connectivity index (χ0) is 20.3. The lowest BCUT2D eigenvalue weighted by atomic mass is 10.0. The predicted octanol–water partition coefficient (Wildman–Crippen LogP) is 5.68. The summed E-state index contributed by atoms with van der Waals surface area (Å²) in [6.07, 6.45) is -5.22. The van der Waals surface area contributed by atoms with Crippen LogP contribution in [0.25, 0.3) is 11.3 Å². The molecule has 28 heavy (non-hydrogen) atoms. The Morgan fingerprint density at radius 2 is 1.89 bits per heavy atom. The molecule has 0 aliphatic rings. The topological polar surface area (TPSA) is 55.5 Å². The van der Waals surface area contributed by atoms with Crippen molar-refractivity contribution in [3.63, 3.8) is 0 Å². The number of halogens is 4. The monoisotopic (exact) mass is 455 g/mol. The molecule has 0 amide bonds. The molecule has 1 N–H and O–H groups in total. The summed E-state index contributed by atoms with van der Waals surface area (Å²) in [5.74, 6) is 0.452. The molecule has 0 saturated carbocycles. The van der Waals surface area contributed by atoms with E-state index in [2.05, 4.69) is 21.1 Å². The molecule has 1 unspecified atom stereocenters. The second-order valence-electron chi connectivity index (χ2n) is 6.20. The number of ether oxygens (including phenoxy) is 1. The van der Waals surface area contributed by atoms with Gasteiger partial charge in [0.05, 0.1) is 30.0 Å². The van der Waals surface area contributed by atoms with Gasteiger partial charge in [-0.3, -0.25) is 0 Å². The molecular weight excluding hydrogens is 439 g/mol. The highest BCUT2D eigenvalue weighted by molar-refractivity contribution is 9.10. The minimum Gasteiger partial charge on any atom is -0.393 e. The SMILES string of the molecule is Cc1noc(-c2ccc(Br)cc2)c1C(CO)OCc1cccc(C(F)(F)F)c1. The second kappa shape index (κ2) is 8.46. The molecule has 0 fully saturated rings. The molecule has 3 rings (SSSR count). The lowest BCUT2D eigenvalue weighted by molar-refractivity contribution is -0.137. The van der Waals surface area contributed by atoms with Gasteiger partial charge in [-0.2, -0.15) is 13.2 Å². The van der Waals surface area contributed by atoms with Crippen molar-refractivity contribution in [1.29, 1.82) is 0 Å². The van der Waals surface area contributed by atoms with Crippen LogP contribution >= 0.6 is 15.9 Å². The van der Waals surface area contributed by atoms with Crippen LogP contribution in [0.1, 0.15) is 28.5 Å². The Labute approximate surface area is 168 Å². The van der Waals surface area contributed by atoms with Crippen molar-refractivity contribution in [3.8, 4) is 11.3 Å². The van der Waals surface area contributed by atoms with Crippen LogP contribution in [0.3, 0.4) is 0 Å². The van der Waals surface area contributed by atoms with E-state index in [9.17, 15) is 18.3 Å². The molecule has 4 nitrogen and oxygen atoms in total. The number of hydrogen-bond acceptors (Lipinski definition) is 4. The van der Waals surface area contributed by atoms with Crippen LogP contribution in [0, 0.1) is 6.92 Å². The van der Waals surface area contributed by atoms with Gasteiger partial charge < -0.3 is 14.4 Å². The maximum Gasteiger partial charge on any atom is 0.416 e. The highest BCUT2D eigenvalue weighted by atomic mass is 79.9. The van der Waals surface area contributed by atoms with Crippen molar-refractivity contribution in [2.75, 3.05) is 6.61 Å². The smallest absolute Gasteiger partial charge is 0.393 e. The van der Waals surface area contributed by atoms with Gasteiger partial charge in [0, 0.05) is 10.0 Å². The fourth-order valence-corrected chi connectivity index (χ4v) is 3.09. The van der Waals surface area contributed by atoms with E-state index in [0.717, 1.165) is 22.2 Å². The molecule has 148 valence electrons. The molecule has 2 aromatic carbocycles. The number of aliphatic hydroxyl groups is 1. The van der Waals surface area contributed by atoms with E-state index in [1.165, 1.54) is 6.07 Å². The molecule has 0 aliphatic heterocycles. The largest absolute Gasteiger partial charge is 0.416 e. The molecule has 1 atom stereocenters. The van der Waals surface area contributed by atoms with Crippen molar-refractivity contribution in [2.45, 2.75) is 25.8 Å². The van der Waals surface area contributed by atoms with Gasteiger partial charge in [0.1, 0.15) is 6.10 Å². The van der Waals surface area contributed by atoms with Gasteiger partial charge in [-0.25, -0.2) is 0 Å². The third-order valence-corrected chi connectivity index (χ3v) is 4.74. The minimum atomic E-state index is -4.42. The van der Waals surface area contributed by atoms with Crippen molar-refractivity contribution in [1.82, 2.24) is 5.16 Å². The summed E-state index contributed by atoms with van der Waals surface area (Å²) in [5.41, 5.74) is 1.47. The summed E-state index contributed by atoms with van der Waals surface area (Å²) in [6.45, 7) is 1.25. The molecule has 0 radical (unpaired) electrons. The van der Waals surface area contributed by atoms with Gasteiger partial charge in [0.25, 0.3) is 0 Å². The van der Waals surface area contributed by atoms with E-state index in [1.807, 2.05) is 24.3 Å². The third-order valence-electron chi connectivity index (χ3n) is 4.21. The van der Waals surface area contributed by atoms with Crippen LogP contribution < -0.4 is 0 Å². The molecular formula is C20H17BrF3NO3.